The van der Waals surface area contributed by atoms with Crippen molar-refractivity contribution >= 4 is 11.2 Å². The summed E-state index contributed by atoms with van der Waals surface area (Å²) in [6.07, 6.45) is 1.76. The van der Waals surface area contributed by atoms with Crippen LogP contribution in [0.4, 0.5) is 0 Å². The summed E-state index contributed by atoms with van der Waals surface area (Å²) >= 11 is 0. The van der Waals surface area contributed by atoms with Crippen LogP contribution in [0.25, 0.3) is 11.2 Å². The zero-order valence-corrected chi connectivity index (χ0v) is 7.07. The molecule has 0 bridgehead atoms. The highest BCUT2D eigenvalue weighted by atomic mass is 15.3. The summed E-state index contributed by atoms with van der Waals surface area (Å²) in [6, 6.07) is 1.98. The van der Waals surface area contributed by atoms with E-state index in [1.165, 1.54) is 5.56 Å². The average molecular weight is 162 g/mol. The van der Waals surface area contributed by atoms with Crippen LogP contribution in [0.5, 0.6) is 0 Å². The maximum absolute atomic E-state index is 4.08. The molecule has 62 valence electrons. The Morgan fingerprint density at radius 3 is 2.92 bits per heavy atom. The molecule has 0 saturated carbocycles. The Labute approximate surface area is 70.0 Å². The molecule has 0 unspecified atom stereocenters. The van der Waals surface area contributed by atoms with Crippen LogP contribution in [0, 0.1) is 0 Å². The first-order valence-electron chi connectivity index (χ1n) is 3.94. The lowest BCUT2D eigenvalue weighted by Crippen LogP contribution is -1.90. The molecule has 0 aliphatic heterocycles. The number of aromatic amines is 1. The van der Waals surface area contributed by atoms with Gasteiger partial charge in [-0.15, -0.1) is 5.10 Å². The van der Waals surface area contributed by atoms with Gasteiger partial charge in [0.25, 0.3) is 0 Å². The summed E-state index contributed by atoms with van der Waals surface area (Å²) < 4.78 is 0. The fraction of sp³-hybridized carbons (Fsp3) is 0.375. The number of nitrogens with one attached hydrogen (secondary N) is 1. The highest BCUT2D eigenvalue weighted by molar-refractivity contribution is 5.73. The molecule has 0 aliphatic rings. The molecule has 2 aromatic rings. The van der Waals surface area contributed by atoms with Crippen LogP contribution < -0.4 is 0 Å². The molecule has 4 nitrogen and oxygen atoms in total. The number of rotatable bonds is 1. The van der Waals surface area contributed by atoms with E-state index in [1.807, 2.05) is 6.07 Å². The molecule has 0 amide bonds. The van der Waals surface area contributed by atoms with Gasteiger partial charge in [-0.3, -0.25) is 0 Å². The molecule has 2 aromatic heterocycles. The molecule has 2 heterocycles. The molecule has 0 saturated heterocycles. The molecule has 0 radical (unpaired) electrons. The first-order chi connectivity index (χ1) is 5.79. The Kier molecular flexibility index (Phi) is 1.53. The Balaban J connectivity index is 2.73. The van der Waals surface area contributed by atoms with E-state index in [0.29, 0.717) is 11.6 Å². The molecular weight excluding hydrogens is 152 g/mol. The summed E-state index contributed by atoms with van der Waals surface area (Å²) in [7, 11) is 0. The molecule has 0 atom stereocenters. The Bertz CT molecular complexity index is 391. The van der Waals surface area contributed by atoms with Gasteiger partial charge in [0, 0.05) is 6.20 Å². The number of nitrogens with zero attached hydrogens (tertiary/aromatic N) is 3. The van der Waals surface area contributed by atoms with Crippen molar-refractivity contribution in [3.8, 4) is 0 Å². The van der Waals surface area contributed by atoms with Gasteiger partial charge in [-0.1, -0.05) is 13.8 Å². The lowest BCUT2D eigenvalue weighted by Gasteiger charge is -2.02. The third-order valence-corrected chi connectivity index (χ3v) is 1.88. The smallest absolute Gasteiger partial charge is 0.201 e. The van der Waals surface area contributed by atoms with Crippen molar-refractivity contribution in [2.45, 2.75) is 19.8 Å². The van der Waals surface area contributed by atoms with E-state index in [0.717, 1.165) is 5.52 Å². The number of fused-ring (bicyclic) bond motifs is 1. The van der Waals surface area contributed by atoms with E-state index in [4.69, 9.17) is 0 Å². The first-order valence-corrected chi connectivity index (χ1v) is 3.94. The van der Waals surface area contributed by atoms with Gasteiger partial charge in [0.1, 0.15) is 5.52 Å². The number of H-pyrrole nitrogens is 1. The topological polar surface area (TPSA) is 54.5 Å². The van der Waals surface area contributed by atoms with Crippen LogP contribution in [0.15, 0.2) is 12.3 Å². The van der Waals surface area contributed by atoms with Gasteiger partial charge in [0.15, 0.2) is 0 Å². The quantitative estimate of drug-likeness (QED) is 0.690. The van der Waals surface area contributed by atoms with Gasteiger partial charge >= 0.3 is 0 Å². The van der Waals surface area contributed by atoms with E-state index >= 15 is 0 Å². The number of aromatic nitrogens is 4. The second-order valence-electron chi connectivity index (χ2n) is 3.05. The van der Waals surface area contributed by atoms with E-state index in [2.05, 4.69) is 34.2 Å². The van der Waals surface area contributed by atoms with Gasteiger partial charge in [0.05, 0.1) is 0 Å². The minimum absolute atomic E-state index is 0.459. The number of pyridine rings is 1. The van der Waals surface area contributed by atoms with E-state index in [-0.39, 0.29) is 0 Å². The fourth-order valence-corrected chi connectivity index (χ4v) is 1.24. The highest BCUT2D eigenvalue weighted by Crippen LogP contribution is 2.19. The summed E-state index contributed by atoms with van der Waals surface area (Å²) in [5.41, 5.74) is 2.77. The SMILES string of the molecule is CC(C)c1ccnc2n[nH]nc12. The molecule has 1 N–H and O–H groups in total. The highest BCUT2D eigenvalue weighted by Gasteiger charge is 2.07. The molecule has 12 heavy (non-hydrogen) atoms. The fourth-order valence-electron chi connectivity index (χ4n) is 1.24. The summed E-state index contributed by atoms with van der Waals surface area (Å²) in [4.78, 5) is 4.08. The van der Waals surface area contributed by atoms with Crippen molar-refractivity contribution in [1.29, 1.82) is 0 Å². The van der Waals surface area contributed by atoms with E-state index in [1.54, 1.807) is 6.20 Å². The standard InChI is InChI=1S/C8H10N4/c1-5(2)6-3-4-9-8-7(6)10-12-11-8/h3-5H,1-2H3,(H,9,10,11,12). The third kappa shape index (κ3) is 0.958. The Morgan fingerprint density at radius 2 is 2.17 bits per heavy atom. The van der Waals surface area contributed by atoms with Crippen molar-refractivity contribution in [1.82, 2.24) is 20.4 Å². The van der Waals surface area contributed by atoms with Crippen LogP contribution in [0.1, 0.15) is 25.3 Å². The predicted octanol–water partition coefficient (Wildman–Crippen LogP) is 1.48. The van der Waals surface area contributed by atoms with Crippen LogP contribution in [0.3, 0.4) is 0 Å². The van der Waals surface area contributed by atoms with Gasteiger partial charge in [-0.25, -0.2) is 4.98 Å². The molecule has 0 fully saturated rings. The average Bonchev–Trinajstić information content (AvgIpc) is 2.49. The number of hydrogen-bond donors (Lipinski definition) is 1. The molecule has 4 heteroatoms. The van der Waals surface area contributed by atoms with Crippen molar-refractivity contribution in [2.75, 3.05) is 0 Å². The first kappa shape index (κ1) is 7.21. The molecular formula is C8H10N4. The molecule has 0 spiro atoms. The van der Waals surface area contributed by atoms with Gasteiger partial charge in [-0.2, -0.15) is 10.3 Å². The monoisotopic (exact) mass is 162 g/mol. The third-order valence-electron chi connectivity index (χ3n) is 1.88. The maximum Gasteiger partial charge on any atom is 0.201 e. The van der Waals surface area contributed by atoms with E-state index < -0.39 is 0 Å². The maximum atomic E-state index is 4.08. The zero-order valence-electron chi connectivity index (χ0n) is 7.07. The largest absolute Gasteiger partial charge is 0.234 e. The van der Waals surface area contributed by atoms with Crippen molar-refractivity contribution in [2.24, 2.45) is 0 Å². The number of hydrogen-bond acceptors (Lipinski definition) is 3. The Morgan fingerprint density at radius 1 is 1.33 bits per heavy atom. The second-order valence-corrected chi connectivity index (χ2v) is 3.05. The Hall–Kier alpha value is -1.45. The summed E-state index contributed by atoms with van der Waals surface area (Å²) in [5.74, 6) is 0.459. The minimum atomic E-state index is 0.459. The van der Waals surface area contributed by atoms with Crippen LogP contribution in [-0.2, 0) is 0 Å². The predicted molar refractivity (Wildman–Crippen MR) is 45.8 cm³/mol. The zero-order chi connectivity index (χ0) is 8.55. The normalized spacial score (nSPS) is 11.2. The second kappa shape index (κ2) is 2.55. The van der Waals surface area contributed by atoms with Gasteiger partial charge in [0.2, 0.25) is 5.65 Å². The van der Waals surface area contributed by atoms with Crippen molar-refractivity contribution < 1.29 is 0 Å². The molecule has 0 aromatic carbocycles. The van der Waals surface area contributed by atoms with Crippen LogP contribution in [-0.4, -0.2) is 20.4 Å². The lowest BCUT2D eigenvalue weighted by molar-refractivity contribution is 0.868. The van der Waals surface area contributed by atoms with E-state index in [9.17, 15) is 0 Å². The van der Waals surface area contributed by atoms with Crippen molar-refractivity contribution in [3.63, 3.8) is 0 Å². The van der Waals surface area contributed by atoms with Gasteiger partial charge in [-0.05, 0) is 17.5 Å². The van der Waals surface area contributed by atoms with Crippen LogP contribution in [0.2, 0.25) is 0 Å². The molecule has 0 aliphatic carbocycles. The van der Waals surface area contributed by atoms with Crippen molar-refractivity contribution in [3.05, 3.63) is 17.8 Å². The minimum Gasteiger partial charge on any atom is -0.234 e. The molecule has 2 rings (SSSR count). The van der Waals surface area contributed by atoms with Gasteiger partial charge < -0.3 is 0 Å². The lowest BCUT2D eigenvalue weighted by atomic mass is 10.0. The summed E-state index contributed by atoms with van der Waals surface area (Å²) in [6.45, 7) is 4.26. The summed E-state index contributed by atoms with van der Waals surface area (Å²) in [5, 5.41) is 10.5. The van der Waals surface area contributed by atoms with Crippen LogP contribution >= 0.6 is 0 Å².